The Kier molecular flexibility index (Phi) is 11.5. The normalized spacial score (nSPS) is 11.2. The fourth-order valence-corrected chi connectivity index (χ4v) is 3.79. The summed E-state index contributed by atoms with van der Waals surface area (Å²) in [6.07, 6.45) is 0. The Morgan fingerprint density at radius 1 is 0.917 bits per heavy atom. The van der Waals surface area contributed by atoms with Gasteiger partial charge in [-0.2, -0.15) is 0 Å². The molecule has 8 nitrogen and oxygen atoms in total. The largest absolute Gasteiger partial charge is 0.493 e. The first kappa shape index (κ1) is 28.0. The molecule has 36 heavy (non-hydrogen) atoms. The summed E-state index contributed by atoms with van der Waals surface area (Å²) in [6, 6.07) is 10.5. The predicted molar refractivity (Wildman–Crippen MR) is 142 cm³/mol. The highest BCUT2D eigenvalue weighted by molar-refractivity contribution is 6.33. The van der Waals surface area contributed by atoms with Crippen LogP contribution in [0.4, 0.5) is 5.69 Å². The van der Waals surface area contributed by atoms with E-state index in [1.807, 2.05) is 26.0 Å². The van der Waals surface area contributed by atoms with Crippen LogP contribution in [0.25, 0.3) is 22.3 Å². The summed E-state index contributed by atoms with van der Waals surface area (Å²) in [6.45, 7) is 8.71. The Hall–Kier alpha value is -2.62. The molecule has 196 valence electrons. The molecule has 1 aromatic heterocycles. The number of halogens is 1. The zero-order chi connectivity index (χ0) is 25.8. The third-order valence-corrected chi connectivity index (χ3v) is 5.62. The molecule has 1 heterocycles. The Bertz CT molecular complexity index is 1160. The van der Waals surface area contributed by atoms with Gasteiger partial charge in [0, 0.05) is 37.0 Å². The Balaban J connectivity index is 1.49. The Labute approximate surface area is 216 Å². The molecule has 1 N–H and O–H groups in total. The quantitative estimate of drug-likeness (QED) is 0.266. The van der Waals surface area contributed by atoms with Crippen LogP contribution in [0.1, 0.15) is 12.5 Å². The van der Waals surface area contributed by atoms with Gasteiger partial charge in [-0.25, -0.2) is 0 Å². The molecule has 3 aromatic rings. The standard InChI is InChI=1S/C27H34ClNO7/c1-4-35-25-18-27-22(15-19(25)2)24(30)17-26(36-27)21-6-5-20(16-23(21)28)29-7-8-32-11-12-34-14-13-33-10-9-31-3/h5-6,15-18,29H,4,7-14H2,1-3H3. The first-order valence-electron chi connectivity index (χ1n) is 12.0. The number of hydrogen-bond donors (Lipinski definition) is 1. The maximum atomic E-state index is 12.7. The lowest BCUT2D eigenvalue weighted by molar-refractivity contribution is 0.00495. The van der Waals surface area contributed by atoms with Gasteiger partial charge in [0.05, 0.1) is 63.3 Å². The highest BCUT2D eigenvalue weighted by Crippen LogP contribution is 2.32. The van der Waals surface area contributed by atoms with Crippen molar-refractivity contribution in [1.29, 1.82) is 0 Å². The van der Waals surface area contributed by atoms with Gasteiger partial charge in [-0.1, -0.05) is 11.6 Å². The number of benzene rings is 2. The molecule has 0 unspecified atom stereocenters. The average Bonchev–Trinajstić information content (AvgIpc) is 2.86. The molecule has 2 aromatic carbocycles. The van der Waals surface area contributed by atoms with Crippen molar-refractivity contribution in [2.75, 3.05) is 71.8 Å². The Morgan fingerprint density at radius 2 is 1.61 bits per heavy atom. The molecule has 0 saturated heterocycles. The lowest BCUT2D eigenvalue weighted by atomic mass is 10.1. The Morgan fingerprint density at radius 3 is 2.28 bits per heavy atom. The molecule has 0 aliphatic carbocycles. The van der Waals surface area contributed by atoms with Crippen molar-refractivity contribution >= 4 is 28.3 Å². The summed E-state index contributed by atoms with van der Waals surface area (Å²) in [5, 5.41) is 4.26. The van der Waals surface area contributed by atoms with Crippen LogP contribution in [-0.4, -0.2) is 66.5 Å². The monoisotopic (exact) mass is 519 g/mol. The summed E-state index contributed by atoms with van der Waals surface area (Å²) in [5.41, 5.74) is 2.70. The minimum atomic E-state index is -0.129. The van der Waals surface area contributed by atoms with Crippen LogP contribution in [0.2, 0.25) is 5.02 Å². The van der Waals surface area contributed by atoms with E-state index in [2.05, 4.69) is 5.32 Å². The molecule has 0 saturated carbocycles. The number of methoxy groups -OCH3 is 1. The van der Waals surface area contributed by atoms with E-state index in [4.69, 9.17) is 39.7 Å². The molecule has 0 radical (unpaired) electrons. The number of rotatable bonds is 16. The van der Waals surface area contributed by atoms with Crippen LogP contribution in [0.3, 0.4) is 0 Å². The van der Waals surface area contributed by atoms with E-state index < -0.39 is 0 Å². The first-order valence-corrected chi connectivity index (χ1v) is 12.4. The van der Waals surface area contributed by atoms with E-state index in [9.17, 15) is 4.79 Å². The summed E-state index contributed by atoms with van der Waals surface area (Å²) >= 11 is 6.53. The van der Waals surface area contributed by atoms with Crippen molar-refractivity contribution in [3.63, 3.8) is 0 Å². The van der Waals surface area contributed by atoms with E-state index in [1.165, 1.54) is 6.07 Å². The van der Waals surface area contributed by atoms with Crippen molar-refractivity contribution in [1.82, 2.24) is 0 Å². The summed E-state index contributed by atoms with van der Waals surface area (Å²) in [4.78, 5) is 12.7. The molecule has 0 amide bonds. The number of hydrogen-bond acceptors (Lipinski definition) is 8. The molecular weight excluding hydrogens is 486 g/mol. The number of anilines is 1. The fourth-order valence-electron chi connectivity index (χ4n) is 3.51. The molecule has 0 atom stereocenters. The van der Waals surface area contributed by atoms with Gasteiger partial charge in [-0.05, 0) is 43.7 Å². The van der Waals surface area contributed by atoms with Crippen molar-refractivity contribution < 1.29 is 28.1 Å². The zero-order valence-electron chi connectivity index (χ0n) is 21.1. The third kappa shape index (κ3) is 8.21. The first-order chi connectivity index (χ1) is 17.5. The second kappa shape index (κ2) is 14.8. The van der Waals surface area contributed by atoms with Crippen LogP contribution in [-0.2, 0) is 18.9 Å². The smallest absolute Gasteiger partial charge is 0.193 e. The minimum absolute atomic E-state index is 0.129. The van der Waals surface area contributed by atoms with Crippen LogP contribution in [0, 0.1) is 6.92 Å². The SMILES string of the molecule is CCOc1cc2oc(-c3ccc(NCCOCCOCCOCCOC)cc3Cl)cc(=O)c2cc1C. The lowest BCUT2D eigenvalue weighted by Crippen LogP contribution is -2.14. The lowest BCUT2D eigenvalue weighted by Gasteiger charge is -2.11. The molecule has 0 fully saturated rings. The van der Waals surface area contributed by atoms with Crippen LogP contribution >= 0.6 is 11.6 Å². The molecule has 0 aliphatic rings. The number of ether oxygens (including phenoxy) is 5. The highest BCUT2D eigenvalue weighted by atomic mass is 35.5. The van der Waals surface area contributed by atoms with Gasteiger partial charge in [0.2, 0.25) is 0 Å². The van der Waals surface area contributed by atoms with E-state index in [-0.39, 0.29) is 5.43 Å². The average molecular weight is 520 g/mol. The van der Waals surface area contributed by atoms with Crippen LogP contribution < -0.4 is 15.5 Å². The van der Waals surface area contributed by atoms with Crippen LogP contribution in [0.5, 0.6) is 5.75 Å². The van der Waals surface area contributed by atoms with Crippen molar-refractivity contribution in [3.8, 4) is 17.1 Å². The van der Waals surface area contributed by atoms with Gasteiger partial charge in [0.1, 0.15) is 17.1 Å². The van der Waals surface area contributed by atoms with E-state index in [0.29, 0.717) is 92.5 Å². The maximum Gasteiger partial charge on any atom is 0.193 e. The molecule has 3 rings (SSSR count). The second-order valence-corrected chi connectivity index (χ2v) is 8.38. The molecule has 0 spiro atoms. The summed E-state index contributed by atoms with van der Waals surface area (Å²) in [5.74, 6) is 1.10. The van der Waals surface area contributed by atoms with Crippen molar-refractivity contribution in [2.45, 2.75) is 13.8 Å². The van der Waals surface area contributed by atoms with E-state index in [0.717, 1.165) is 11.3 Å². The highest BCUT2D eigenvalue weighted by Gasteiger charge is 2.13. The van der Waals surface area contributed by atoms with Gasteiger partial charge in [0.25, 0.3) is 0 Å². The topological polar surface area (TPSA) is 88.4 Å². The number of aryl methyl sites for hydroxylation is 1. The van der Waals surface area contributed by atoms with E-state index in [1.54, 1.807) is 25.3 Å². The van der Waals surface area contributed by atoms with Gasteiger partial charge >= 0.3 is 0 Å². The summed E-state index contributed by atoms with van der Waals surface area (Å²) in [7, 11) is 1.64. The van der Waals surface area contributed by atoms with Gasteiger partial charge < -0.3 is 33.4 Å². The van der Waals surface area contributed by atoms with Crippen molar-refractivity contribution in [2.24, 2.45) is 0 Å². The second-order valence-electron chi connectivity index (χ2n) is 7.97. The fraction of sp³-hybridized carbons (Fsp3) is 0.444. The molecule has 9 heteroatoms. The third-order valence-electron chi connectivity index (χ3n) is 5.31. The maximum absolute atomic E-state index is 12.7. The molecular formula is C27H34ClNO7. The summed E-state index contributed by atoms with van der Waals surface area (Å²) < 4.78 is 32.9. The molecule has 0 bridgehead atoms. The number of fused-ring (bicyclic) bond motifs is 1. The van der Waals surface area contributed by atoms with Crippen LogP contribution in [0.15, 0.2) is 45.6 Å². The van der Waals surface area contributed by atoms with Crippen molar-refractivity contribution in [3.05, 3.63) is 57.2 Å². The van der Waals surface area contributed by atoms with Gasteiger partial charge in [0.15, 0.2) is 5.43 Å². The van der Waals surface area contributed by atoms with Gasteiger partial charge in [-0.3, -0.25) is 4.79 Å². The van der Waals surface area contributed by atoms with E-state index >= 15 is 0 Å². The van der Waals surface area contributed by atoms with Gasteiger partial charge in [-0.15, -0.1) is 0 Å². The zero-order valence-corrected chi connectivity index (χ0v) is 21.8. The predicted octanol–water partition coefficient (Wildman–Crippen LogP) is 4.93. The minimum Gasteiger partial charge on any atom is -0.493 e. The molecule has 0 aliphatic heterocycles. The number of nitrogens with one attached hydrogen (secondary N) is 1.